The molecule has 1 aliphatic rings. The van der Waals surface area contributed by atoms with Gasteiger partial charge in [0.05, 0.1) is 16.5 Å². The first-order valence-corrected chi connectivity index (χ1v) is 16.8. The fourth-order valence-electron chi connectivity index (χ4n) is 4.50. The van der Waals surface area contributed by atoms with Gasteiger partial charge in [-0.05, 0) is 85.5 Å². The number of carbonyl (C=O) groups is 1. The lowest BCUT2D eigenvalue weighted by atomic mass is 9.87. The van der Waals surface area contributed by atoms with Crippen molar-refractivity contribution in [3.63, 3.8) is 0 Å². The minimum absolute atomic E-state index is 0.147. The van der Waals surface area contributed by atoms with Crippen LogP contribution < -0.4 is 0 Å². The van der Waals surface area contributed by atoms with Crippen molar-refractivity contribution >= 4 is 27.0 Å². The Labute approximate surface area is 271 Å². The smallest absolute Gasteiger partial charge is 0.405 e. The van der Waals surface area contributed by atoms with Gasteiger partial charge in [-0.3, -0.25) is 4.55 Å². The van der Waals surface area contributed by atoms with Crippen LogP contribution in [-0.4, -0.2) is 55.4 Å². The van der Waals surface area contributed by atoms with E-state index in [9.17, 15) is 39.6 Å². The van der Waals surface area contributed by atoms with E-state index in [-0.39, 0.29) is 16.5 Å². The Bertz CT molecular complexity index is 1670. The maximum atomic E-state index is 13.9. The molecule has 0 amide bonds. The second-order valence-electron chi connectivity index (χ2n) is 12.1. The Kier molecular flexibility index (Phi) is 9.95. The summed E-state index contributed by atoms with van der Waals surface area (Å²) in [6.45, 7) is 4.95. The molecule has 2 unspecified atom stereocenters. The van der Waals surface area contributed by atoms with Crippen LogP contribution in [0.25, 0.3) is 0 Å². The van der Waals surface area contributed by atoms with Crippen LogP contribution in [0.4, 0.5) is 26.3 Å². The summed E-state index contributed by atoms with van der Waals surface area (Å²) >= 11 is 0. The van der Waals surface area contributed by atoms with Crippen molar-refractivity contribution in [2.45, 2.75) is 83.7 Å². The Balaban J connectivity index is 1.67. The molecule has 47 heavy (non-hydrogen) atoms. The predicted molar refractivity (Wildman–Crippen MR) is 161 cm³/mol. The second kappa shape index (κ2) is 12.7. The van der Waals surface area contributed by atoms with Gasteiger partial charge in [0.15, 0.2) is 26.6 Å². The van der Waals surface area contributed by atoms with Crippen LogP contribution in [0.15, 0.2) is 87.5 Å². The largest absolute Gasteiger partial charge is 0.451 e. The molecule has 1 fully saturated rings. The molecule has 0 radical (unpaired) electrons. The lowest BCUT2D eigenvalue weighted by Gasteiger charge is -2.28. The molecular weight excluding hydrogens is 674 g/mol. The van der Waals surface area contributed by atoms with Crippen LogP contribution in [0, 0.1) is 0 Å². The van der Waals surface area contributed by atoms with E-state index in [0.29, 0.717) is 16.7 Å². The highest BCUT2D eigenvalue weighted by molar-refractivity contribution is 7.97. The quantitative estimate of drug-likeness (QED) is 0.112. The van der Waals surface area contributed by atoms with Crippen LogP contribution in [0.3, 0.4) is 0 Å². The molecule has 0 spiro atoms. The summed E-state index contributed by atoms with van der Waals surface area (Å²) in [5.74, 6) is -12.0. The zero-order valence-electron chi connectivity index (χ0n) is 25.9. The molecule has 2 atom stereocenters. The van der Waals surface area contributed by atoms with E-state index in [1.165, 1.54) is 31.2 Å². The van der Waals surface area contributed by atoms with E-state index in [2.05, 4.69) is 25.5 Å². The molecule has 1 saturated heterocycles. The van der Waals surface area contributed by atoms with E-state index in [0.717, 1.165) is 10.5 Å². The normalized spacial score (nSPS) is 19.3. The van der Waals surface area contributed by atoms with Gasteiger partial charge in [-0.15, -0.1) is 0 Å². The molecule has 4 rings (SSSR count). The van der Waals surface area contributed by atoms with Gasteiger partial charge in [-0.2, -0.15) is 34.8 Å². The third kappa shape index (κ3) is 7.64. The van der Waals surface area contributed by atoms with Crippen molar-refractivity contribution in [1.82, 2.24) is 0 Å². The third-order valence-corrected chi connectivity index (χ3v) is 10.8. The number of halogens is 6. The minimum atomic E-state index is -5.84. The SMILES string of the molecule is CC(OC(=O)c1ccc([S+](c2ccc(C(C)(C)C)cc2)c2ccc(C3(C)OCC(F)(F)C(F)(F)CO3)cc2)cc1)C(F)(F)S(=O)(=O)O. The molecule has 0 saturated carbocycles. The zero-order valence-corrected chi connectivity index (χ0v) is 27.5. The summed E-state index contributed by atoms with van der Waals surface area (Å²) < 4.78 is 129. The van der Waals surface area contributed by atoms with Gasteiger partial charge in [0.2, 0.25) is 0 Å². The first-order valence-electron chi connectivity index (χ1n) is 14.1. The van der Waals surface area contributed by atoms with Crippen LogP contribution >= 0.6 is 0 Å². The van der Waals surface area contributed by atoms with Gasteiger partial charge in [-0.25, -0.2) is 4.79 Å². The first kappa shape index (κ1) is 36.7. The van der Waals surface area contributed by atoms with Gasteiger partial charge < -0.3 is 14.2 Å². The lowest BCUT2D eigenvalue weighted by molar-refractivity contribution is -0.233. The zero-order chi connectivity index (χ0) is 35.2. The van der Waals surface area contributed by atoms with E-state index in [1.807, 2.05) is 24.3 Å². The maximum Gasteiger partial charge on any atom is 0.405 e. The van der Waals surface area contributed by atoms with Gasteiger partial charge in [0.25, 0.3) is 0 Å². The van der Waals surface area contributed by atoms with Crippen LogP contribution in [0.1, 0.15) is 56.1 Å². The van der Waals surface area contributed by atoms with Crippen LogP contribution in [0.5, 0.6) is 0 Å². The average molecular weight is 708 g/mol. The number of benzene rings is 3. The minimum Gasteiger partial charge on any atom is -0.451 e. The molecule has 3 aromatic rings. The third-order valence-electron chi connectivity index (χ3n) is 7.59. The summed E-state index contributed by atoms with van der Waals surface area (Å²) in [7, 11) is -6.71. The number of esters is 1. The standard InChI is InChI=1S/C32H32F6O7S2/c1-20(32(37,38)47(40,41)42)45-27(39)21-6-12-24(13-7-21)46(25-14-8-22(9-15-25)28(2,3)4)26-16-10-23(11-17-26)29(5)43-18-30(33,34)31(35,36)19-44-29/h6-17,20H,18-19H2,1-5H3/p+1. The van der Waals surface area contributed by atoms with Crippen LogP contribution in [0.2, 0.25) is 0 Å². The molecule has 1 N–H and O–H groups in total. The number of hydrogen-bond donors (Lipinski definition) is 1. The molecule has 15 heteroatoms. The topological polar surface area (TPSA) is 99.1 Å². The van der Waals surface area contributed by atoms with Crippen molar-refractivity contribution in [3.05, 3.63) is 89.5 Å². The van der Waals surface area contributed by atoms with E-state index in [1.54, 1.807) is 24.3 Å². The maximum absolute atomic E-state index is 13.9. The van der Waals surface area contributed by atoms with Crippen molar-refractivity contribution < 1.29 is 58.3 Å². The van der Waals surface area contributed by atoms with Gasteiger partial charge in [0.1, 0.15) is 13.2 Å². The second-order valence-corrected chi connectivity index (χ2v) is 15.7. The molecule has 3 aromatic carbocycles. The highest BCUT2D eigenvalue weighted by Gasteiger charge is 2.60. The Morgan fingerprint density at radius 2 is 1.23 bits per heavy atom. The monoisotopic (exact) mass is 707 g/mol. The predicted octanol–water partition coefficient (Wildman–Crippen LogP) is 7.60. The van der Waals surface area contributed by atoms with E-state index < -0.39 is 69.2 Å². The van der Waals surface area contributed by atoms with Crippen molar-refractivity contribution in [2.24, 2.45) is 0 Å². The van der Waals surface area contributed by atoms with E-state index in [4.69, 9.17) is 14.0 Å². The number of alkyl halides is 6. The Morgan fingerprint density at radius 3 is 1.64 bits per heavy atom. The van der Waals surface area contributed by atoms with Gasteiger partial charge in [0, 0.05) is 5.56 Å². The molecular formula is C32H33F6O7S2+. The summed E-state index contributed by atoms with van der Waals surface area (Å²) in [4.78, 5) is 14.7. The summed E-state index contributed by atoms with van der Waals surface area (Å²) in [5, 5.41) is -4.73. The molecule has 0 bridgehead atoms. The Morgan fingerprint density at radius 1 is 0.830 bits per heavy atom. The molecule has 1 heterocycles. The summed E-state index contributed by atoms with van der Waals surface area (Å²) in [5.41, 5.74) is 0.956. The van der Waals surface area contributed by atoms with Crippen molar-refractivity contribution in [1.29, 1.82) is 0 Å². The highest BCUT2D eigenvalue weighted by Crippen LogP contribution is 2.43. The fourth-order valence-corrected chi connectivity index (χ4v) is 7.01. The number of rotatable bonds is 8. The van der Waals surface area contributed by atoms with Crippen LogP contribution in [-0.2, 0) is 46.4 Å². The van der Waals surface area contributed by atoms with Crippen molar-refractivity contribution in [3.8, 4) is 0 Å². The average Bonchev–Trinajstić information content (AvgIpc) is 3.07. The fraction of sp³-hybridized carbons (Fsp3) is 0.406. The molecule has 7 nitrogen and oxygen atoms in total. The Hall–Kier alpha value is -3.11. The number of ether oxygens (including phenoxy) is 3. The highest BCUT2D eigenvalue weighted by atomic mass is 32.2. The molecule has 1 aliphatic heterocycles. The molecule has 0 aliphatic carbocycles. The van der Waals surface area contributed by atoms with E-state index >= 15 is 0 Å². The van der Waals surface area contributed by atoms with Gasteiger partial charge >= 0.3 is 33.2 Å². The number of hydrogen-bond acceptors (Lipinski definition) is 6. The summed E-state index contributed by atoms with van der Waals surface area (Å²) in [6, 6.07) is 19.8. The first-order chi connectivity index (χ1) is 21.5. The van der Waals surface area contributed by atoms with Gasteiger partial charge in [-0.1, -0.05) is 32.9 Å². The lowest BCUT2D eigenvalue weighted by Crippen LogP contribution is -2.45. The van der Waals surface area contributed by atoms with Crippen molar-refractivity contribution in [2.75, 3.05) is 13.2 Å². The molecule has 256 valence electrons. The summed E-state index contributed by atoms with van der Waals surface area (Å²) in [6.07, 6.45) is -2.49. The number of carbonyl (C=O) groups excluding carboxylic acids is 1. The molecule has 0 aromatic heterocycles.